The number of nitrogens with zero attached hydrogens (tertiary/aromatic N) is 1. The zero-order valence-electron chi connectivity index (χ0n) is 19.3. The van der Waals surface area contributed by atoms with Gasteiger partial charge in [0, 0.05) is 0 Å². The predicted molar refractivity (Wildman–Crippen MR) is 126 cm³/mol. The highest BCUT2D eigenvalue weighted by atomic mass is 19.1. The second kappa shape index (κ2) is 12.6. The third kappa shape index (κ3) is 7.33. The molecule has 0 N–H and O–H groups in total. The third-order valence-corrected chi connectivity index (χ3v) is 7.22. The summed E-state index contributed by atoms with van der Waals surface area (Å²) in [6.07, 6.45) is 15.9. The number of carbonyl (C=O) groups is 1. The van der Waals surface area contributed by atoms with Gasteiger partial charge >= 0.3 is 5.97 Å². The second-order valence-corrected chi connectivity index (χ2v) is 9.36. The molecule has 0 amide bonds. The molecule has 4 heteroatoms. The van der Waals surface area contributed by atoms with Crippen LogP contribution in [0.1, 0.15) is 88.2 Å². The van der Waals surface area contributed by atoms with Gasteiger partial charge in [0.25, 0.3) is 0 Å². The van der Waals surface area contributed by atoms with Crippen molar-refractivity contribution in [2.75, 3.05) is 0 Å². The van der Waals surface area contributed by atoms with Crippen molar-refractivity contribution in [2.24, 2.45) is 11.8 Å². The lowest BCUT2D eigenvalue weighted by Gasteiger charge is -2.31. The van der Waals surface area contributed by atoms with Crippen LogP contribution in [0.15, 0.2) is 48.3 Å². The van der Waals surface area contributed by atoms with Gasteiger partial charge in [-0.3, -0.25) is 4.79 Å². The molecule has 0 aliphatic heterocycles. The predicted octanol–water partition coefficient (Wildman–Crippen LogP) is 7.34. The normalized spacial score (nSPS) is 26.6. The van der Waals surface area contributed by atoms with E-state index in [0.29, 0.717) is 11.8 Å². The maximum Gasteiger partial charge on any atom is 0.309 e. The molecule has 0 spiro atoms. The Kier molecular flexibility index (Phi) is 9.53. The van der Waals surface area contributed by atoms with Crippen molar-refractivity contribution in [1.82, 2.24) is 0 Å². The first-order chi connectivity index (χ1) is 15.6. The molecule has 0 aromatic heterocycles. The van der Waals surface area contributed by atoms with Gasteiger partial charge in [0.1, 0.15) is 12.2 Å². The quantitative estimate of drug-likeness (QED) is 0.243. The molecule has 1 aromatic rings. The minimum Gasteiger partial charge on any atom is -0.462 e. The Morgan fingerprint density at radius 1 is 1.09 bits per heavy atom. The fraction of sp³-hybridized carbons (Fsp3) is 0.571. The van der Waals surface area contributed by atoms with Crippen molar-refractivity contribution in [3.8, 4) is 6.07 Å². The smallest absolute Gasteiger partial charge is 0.309 e. The van der Waals surface area contributed by atoms with E-state index in [9.17, 15) is 9.18 Å². The Labute approximate surface area is 192 Å². The Hall–Kier alpha value is -2.41. The van der Waals surface area contributed by atoms with Crippen molar-refractivity contribution in [3.63, 3.8) is 0 Å². The number of nitriles is 1. The maximum atomic E-state index is 12.7. The standard InChI is InChI=1S/C28H36FNO2/c1-2-21-8-12-23(13-9-21)24-14-16-25(17-15-24)28(31)32-27-18-10-22(11-19-27)6-4-3-5-7-26(29)20-30/h3,5,7-9,12-13,22,24-25,27H,2,4,6,10-11,14-19H2,1H3/b5-3+,26-7?. The molecule has 32 heavy (non-hydrogen) atoms. The topological polar surface area (TPSA) is 50.1 Å². The minimum atomic E-state index is -0.761. The van der Waals surface area contributed by atoms with Crippen LogP contribution < -0.4 is 0 Å². The van der Waals surface area contributed by atoms with E-state index >= 15 is 0 Å². The van der Waals surface area contributed by atoms with Crippen LogP contribution in [0.4, 0.5) is 4.39 Å². The second-order valence-electron chi connectivity index (χ2n) is 9.36. The number of hydrogen-bond acceptors (Lipinski definition) is 3. The first-order valence-electron chi connectivity index (χ1n) is 12.3. The van der Waals surface area contributed by atoms with Crippen molar-refractivity contribution in [2.45, 2.75) is 89.6 Å². The largest absolute Gasteiger partial charge is 0.462 e. The highest BCUT2D eigenvalue weighted by Gasteiger charge is 2.31. The van der Waals surface area contributed by atoms with Gasteiger partial charge < -0.3 is 4.74 Å². The third-order valence-electron chi connectivity index (χ3n) is 7.22. The number of carbonyl (C=O) groups excluding carboxylic acids is 1. The molecule has 3 nitrogen and oxygen atoms in total. The van der Waals surface area contributed by atoms with E-state index in [1.54, 1.807) is 6.08 Å². The van der Waals surface area contributed by atoms with E-state index < -0.39 is 5.83 Å². The molecular formula is C28H36FNO2. The van der Waals surface area contributed by atoms with Crippen molar-refractivity contribution in [3.05, 3.63) is 59.4 Å². The Morgan fingerprint density at radius 3 is 2.41 bits per heavy atom. The van der Waals surface area contributed by atoms with Gasteiger partial charge in [-0.2, -0.15) is 9.65 Å². The number of hydrogen-bond donors (Lipinski definition) is 0. The molecule has 2 fully saturated rings. The van der Waals surface area contributed by atoms with Gasteiger partial charge in [0.15, 0.2) is 5.83 Å². The highest BCUT2D eigenvalue weighted by Crippen LogP contribution is 2.37. The summed E-state index contributed by atoms with van der Waals surface area (Å²) in [5.41, 5.74) is 2.79. The van der Waals surface area contributed by atoms with Crippen molar-refractivity contribution >= 4 is 5.97 Å². The molecule has 2 saturated carbocycles. The first kappa shape index (κ1) is 24.2. The van der Waals surface area contributed by atoms with Gasteiger partial charge in [-0.1, -0.05) is 43.3 Å². The summed E-state index contributed by atoms with van der Waals surface area (Å²) in [5.74, 6) is 0.520. The number of aryl methyl sites for hydroxylation is 1. The molecule has 172 valence electrons. The number of ether oxygens (including phenoxy) is 1. The van der Waals surface area contributed by atoms with E-state index in [-0.39, 0.29) is 18.0 Å². The average molecular weight is 438 g/mol. The SMILES string of the molecule is CCc1ccc(C2CCC(C(=O)OC3CCC(CC/C=C/C=C(F)C#N)CC3)CC2)cc1. The lowest BCUT2D eigenvalue weighted by molar-refractivity contribution is -0.157. The lowest BCUT2D eigenvalue weighted by Crippen LogP contribution is -2.29. The fourth-order valence-corrected chi connectivity index (χ4v) is 5.10. The number of benzene rings is 1. The summed E-state index contributed by atoms with van der Waals surface area (Å²) in [6, 6.07) is 10.4. The van der Waals surface area contributed by atoms with Crippen LogP contribution in [0.3, 0.4) is 0 Å². The van der Waals surface area contributed by atoms with E-state index in [1.807, 2.05) is 6.08 Å². The summed E-state index contributed by atoms with van der Waals surface area (Å²) >= 11 is 0. The number of halogens is 1. The molecule has 0 heterocycles. The zero-order chi connectivity index (χ0) is 22.8. The molecule has 0 radical (unpaired) electrons. The number of esters is 1. The minimum absolute atomic E-state index is 0.0162. The summed E-state index contributed by atoms with van der Waals surface area (Å²) in [4.78, 5) is 12.7. The summed E-state index contributed by atoms with van der Waals surface area (Å²) in [5, 5.41) is 8.38. The van der Waals surface area contributed by atoms with Crippen molar-refractivity contribution < 1.29 is 13.9 Å². The van der Waals surface area contributed by atoms with Gasteiger partial charge in [-0.05, 0) is 99.7 Å². The van der Waals surface area contributed by atoms with Crippen LogP contribution >= 0.6 is 0 Å². The van der Waals surface area contributed by atoms with Crippen LogP contribution in [0.5, 0.6) is 0 Å². The van der Waals surface area contributed by atoms with Crippen LogP contribution in [0.2, 0.25) is 0 Å². The van der Waals surface area contributed by atoms with Gasteiger partial charge in [-0.25, -0.2) is 0 Å². The molecule has 3 rings (SSSR count). The van der Waals surface area contributed by atoms with E-state index in [2.05, 4.69) is 31.2 Å². The highest BCUT2D eigenvalue weighted by molar-refractivity contribution is 5.72. The average Bonchev–Trinajstić information content (AvgIpc) is 2.84. The molecule has 2 aliphatic rings. The summed E-state index contributed by atoms with van der Waals surface area (Å²) < 4.78 is 18.6. The monoisotopic (exact) mass is 437 g/mol. The van der Waals surface area contributed by atoms with Gasteiger partial charge in [0.2, 0.25) is 0 Å². The van der Waals surface area contributed by atoms with E-state index in [0.717, 1.165) is 70.6 Å². The molecule has 0 saturated heterocycles. The van der Waals surface area contributed by atoms with E-state index in [1.165, 1.54) is 23.3 Å². The Bertz CT molecular complexity index is 820. The molecule has 0 unspecified atom stereocenters. The molecule has 0 bridgehead atoms. The fourth-order valence-electron chi connectivity index (χ4n) is 5.10. The molecule has 2 aliphatic carbocycles. The molecular weight excluding hydrogens is 401 g/mol. The maximum absolute atomic E-state index is 12.7. The van der Waals surface area contributed by atoms with Crippen LogP contribution in [-0.2, 0) is 16.0 Å². The van der Waals surface area contributed by atoms with E-state index in [4.69, 9.17) is 10.00 Å². The summed E-state index contributed by atoms with van der Waals surface area (Å²) in [7, 11) is 0. The Morgan fingerprint density at radius 2 is 1.78 bits per heavy atom. The zero-order valence-corrected chi connectivity index (χ0v) is 19.3. The van der Waals surface area contributed by atoms with Crippen LogP contribution in [-0.4, -0.2) is 12.1 Å². The molecule has 0 atom stereocenters. The first-order valence-corrected chi connectivity index (χ1v) is 12.3. The number of allylic oxidation sites excluding steroid dienone is 4. The summed E-state index contributed by atoms with van der Waals surface area (Å²) in [6.45, 7) is 2.18. The van der Waals surface area contributed by atoms with Crippen molar-refractivity contribution in [1.29, 1.82) is 5.26 Å². The van der Waals surface area contributed by atoms with Crippen LogP contribution in [0.25, 0.3) is 0 Å². The van der Waals surface area contributed by atoms with Gasteiger partial charge in [-0.15, -0.1) is 0 Å². The molecule has 1 aromatic carbocycles. The Balaban J connectivity index is 1.33. The number of rotatable bonds is 8. The van der Waals surface area contributed by atoms with Crippen LogP contribution in [0, 0.1) is 23.2 Å². The lowest BCUT2D eigenvalue weighted by atomic mass is 9.78. The van der Waals surface area contributed by atoms with Gasteiger partial charge in [0.05, 0.1) is 5.92 Å².